The largest absolute Gasteiger partial charge is 0.417 e. The van der Waals surface area contributed by atoms with E-state index in [0.29, 0.717) is 18.0 Å². The van der Waals surface area contributed by atoms with Gasteiger partial charge >= 0.3 is 6.18 Å². The van der Waals surface area contributed by atoms with Crippen LogP contribution in [0.4, 0.5) is 18.9 Å². The molecule has 10 heteroatoms. The van der Waals surface area contributed by atoms with E-state index in [4.69, 9.17) is 22.6 Å². The van der Waals surface area contributed by atoms with Crippen molar-refractivity contribution in [2.45, 2.75) is 114 Å². The fraction of sp³-hybridized carbons (Fsp3) is 0.714. The van der Waals surface area contributed by atoms with Crippen LogP contribution in [0.3, 0.4) is 0 Å². The maximum atomic E-state index is 13.6. The second-order valence-corrected chi connectivity index (χ2v) is 12.2. The molecule has 0 bridgehead atoms. The molecule has 38 heavy (non-hydrogen) atoms. The van der Waals surface area contributed by atoms with E-state index in [9.17, 15) is 18.0 Å². The van der Waals surface area contributed by atoms with E-state index in [2.05, 4.69) is 19.2 Å². The molecule has 1 aliphatic carbocycles. The normalized spacial score (nSPS) is 32.4. The summed E-state index contributed by atoms with van der Waals surface area (Å²) in [6.45, 7) is 8.84. The molecule has 0 spiro atoms. The summed E-state index contributed by atoms with van der Waals surface area (Å²) in [5.41, 5.74) is -3.07. The lowest BCUT2D eigenvalue weighted by atomic mass is 9.87. The van der Waals surface area contributed by atoms with Gasteiger partial charge in [-0.1, -0.05) is 0 Å². The third kappa shape index (κ3) is 6.01. The number of halogens is 3. The van der Waals surface area contributed by atoms with Crippen molar-refractivity contribution in [2.75, 3.05) is 11.5 Å². The minimum absolute atomic E-state index is 0.0629. The van der Waals surface area contributed by atoms with Crippen LogP contribution in [0.1, 0.15) is 83.8 Å². The first-order valence-corrected chi connectivity index (χ1v) is 14.1. The molecule has 3 atom stereocenters. The Balaban J connectivity index is 1.39. The molecule has 1 N–H and O–H groups in total. The number of alkyl halides is 3. The maximum Gasteiger partial charge on any atom is 0.417 e. The number of amides is 1. The maximum absolute atomic E-state index is 13.6. The van der Waals surface area contributed by atoms with E-state index in [1.807, 2.05) is 4.90 Å². The number of carbonyl (C=O) groups excluding carboxylic acids is 1. The summed E-state index contributed by atoms with van der Waals surface area (Å²) in [6, 6.07) is 6.14. The molecule has 1 amide bonds. The predicted molar refractivity (Wildman–Crippen MR) is 144 cm³/mol. The van der Waals surface area contributed by atoms with Crippen LogP contribution < -0.4 is 10.2 Å². The van der Waals surface area contributed by atoms with Gasteiger partial charge in [-0.05, 0) is 96.8 Å². The highest BCUT2D eigenvalue weighted by Crippen LogP contribution is 2.43. The van der Waals surface area contributed by atoms with Gasteiger partial charge in [0.1, 0.15) is 5.50 Å². The Labute approximate surface area is 229 Å². The van der Waals surface area contributed by atoms with Gasteiger partial charge in [0.15, 0.2) is 0 Å². The molecule has 0 radical (unpaired) electrons. The number of rotatable bonds is 6. The Kier molecular flexibility index (Phi) is 8.73. The standard InChI is InChI=1S/C28H39F3N4O2S/c1-17-13-19(14-18(2)33-17)11-12-37-23-9-7-21(8-10-23)35-26(38)34(25(36)27(35,3)4)22-6-5-20(16-32)24(15-22)28(29,30)31/h5-6,15,17-19,21,23,26,33,38H,7-14H2,1-4H3. The van der Waals surface area contributed by atoms with Crippen LogP contribution in [0.15, 0.2) is 18.2 Å². The zero-order chi connectivity index (χ0) is 27.8. The highest BCUT2D eigenvalue weighted by atomic mass is 32.1. The van der Waals surface area contributed by atoms with Gasteiger partial charge in [0, 0.05) is 30.4 Å². The van der Waals surface area contributed by atoms with E-state index in [-0.39, 0.29) is 23.7 Å². The fourth-order valence-electron chi connectivity index (χ4n) is 6.68. The summed E-state index contributed by atoms with van der Waals surface area (Å²) in [7, 11) is 0. The molecule has 2 saturated heterocycles. The summed E-state index contributed by atoms with van der Waals surface area (Å²) in [6.07, 6.45) is 2.33. The molecule has 1 saturated carbocycles. The second-order valence-electron chi connectivity index (χ2n) is 11.7. The van der Waals surface area contributed by atoms with E-state index < -0.39 is 28.3 Å². The number of anilines is 1. The van der Waals surface area contributed by atoms with Crippen LogP contribution in [0.5, 0.6) is 0 Å². The summed E-state index contributed by atoms with van der Waals surface area (Å²) < 4.78 is 47.0. The lowest BCUT2D eigenvalue weighted by molar-refractivity contribution is -0.137. The van der Waals surface area contributed by atoms with Crippen molar-refractivity contribution >= 4 is 24.2 Å². The summed E-state index contributed by atoms with van der Waals surface area (Å²) >= 11 is 4.73. The third-order valence-corrected chi connectivity index (χ3v) is 8.91. The number of ether oxygens (including phenoxy) is 1. The molecular formula is C28H39F3N4O2S. The SMILES string of the molecule is CC1CC(CCOC2CCC(N3C(S)N(c4ccc(C#N)c(C(F)(F)F)c4)C(=O)C3(C)C)CC2)CC(C)N1. The molecule has 3 fully saturated rings. The lowest BCUT2D eigenvalue weighted by Gasteiger charge is -2.41. The average Bonchev–Trinajstić information content (AvgIpc) is 3.01. The van der Waals surface area contributed by atoms with Crippen LogP contribution in [0, 0.1) is 17.2 Å². The van der Waals surface area contributed by atoms with E-state index in [1.165, 1.54) is 23.8 Å². The van der Waals surface area contributed by atoms with Gasteiger partial charge in [0.05, 0.1) is 28.8 Å². The van der Waals surface area contributed by atoms with Crippen molar-refractivity contribution in [3.05, 3.63) is 29.3 Å². The smallest absolute Gasteiger partial charge is 0.378 e. The van der Waals surface area contributed by atoms with Gasteiger partial charge < -0.3 is 10.1 Å². The Bertz CT molecular complexity index is 1040. The first kappa shape index (κ1) is 29.2. The minimum Gasteiger partial charge on any atom is -0.378 e. The van der Waals surface area contributed by atoms with Crippen molar-refractivity contribution in [2.24, 2.45) is 5.92 Å². The zero-order valence-corrected chi connectivity index (χ0v) is 23.5. The Morgan fingerprint density at radius 1 is 1.16 bits per heavy atom. The number of nitriles is 1. The number of hydrogen-bond donors (Lipinski definition) is 2. The van der Waals surface area contributed by atoms with Crippen molar-refractivity contribution in [1.82, 2.24) is 10.2 Å². The molecule has 3 unspecified atom stereocenters. The first-order chi connectivity index (χ1) is 17.8. The van der Waals surface area contributed by atoms with Gasteiger partial charge in [-0.3, -0.25) is 14.6 Å². The van der Waals surface area contributed by atoms with Gasteiger partial charge in [0.25, 0.3) is 0 Å². The average molecular weight is 553 g/mol. The number of carbonyl (C=O) groups is 1. The van der Waals surface area contributed by atoms with E-state index >= 15 is 0 Å². The molecule has 3 aliphatic rings. The summed E-state index contributed by atoms with van der Waals surface area (Å²) in [5, 5.41) is 12.7. The lowest BCUT2D eigenvalue weighted by Crippen LogP contribution is -2.52. The van der Waals surface area contributed by atoms with Crippen molar-refractivity contribution in [1.29, 1.82) is 5.26 Å². The van der Waals surface area contributed by atoms with Crippen molar-refractivity contribution in [3.63, 3.8) is 0 Å². The van der Waals surface area contributed by atoms with Crippen LogP contribution in [0.25, 0.3) is 0 Å². The molecule has 1 aromatic carbocycles. The second kappa shape index (κ2) is 11.4. The monoisotopic (exact) mass is 552 g/mol. The number of nitrogens with zero attached hydrogens (tertiary/aromatic N) is 3. The molecular weight excluding hydrogens is 513 g/mol. The highest BCUT2D eigenvalue weighted by molar-refractivity contribution is 7.81. The van der Waals surface area contributed by atoms with E-state index in [1.54, 1.807) is 19.9 Å². The van der Waals surface area contributed by atoms with E-state index in [0.717, 1.165) is 50.8 Å². The molecule has 4 rings (SSSR count). The quantitative estimate of drug-likeness (QED) is 0.443. The van der Waals surface area contributed by atoms with Crippen LogP contribution in [-0.2, 0) is 15.7 Å². The molecule has 2 aliphatic heterocycles. The van der Waals surface area contributed by atoms with Crippen molar-refractivity contribution < 1.29 is 22.7 Å². The highest BCUT2D eigenvalue weighted by Gasteiger charge is 2.54. The Morgan fingerprint density at radius 3 is 2.37 bits per heavy atom. The number of benzene rings is 1. The van der Waals surface area contributed by atoms with Crippen LogP contribution in [-0.4, -0.2) is 52.7 Å². The topological polar surface area (TPSA) is 68.6 Å². The molecule has 6 nitrogen and oxygen atoms in total. The Morgan fingerprint density at radius 2 is 1.79 bits per heavy atom. The van der Waals surface area contributed by atoms with Gasteiger partial charge in [-0.15, -0.1) is 12.6 Å². The van der Waals surface area contributed by atoms with Crippen LogP contribution >= 0.6 is 12.6 Å². The molecule has 0 aromatic heterocycles. The molecule has 1 aromatic rings. The predicted octanol–water partition coefficient (Wildman–Crippen LogP) is 5.71. The third-order valence-electron chi connectivity index (χ3n) is 8.43. The fourth-order valence-corrected chi connectivity index (χ4v) is 7.39. The molecule has 2 heterocycles. The van der Waals surface area contributed by atoms with Gasteiger partial charge in [-0.2, -0.15) is 18.4 Å². The summed E-state index contributed by atoms with van der Waals surface area (Å²) in [4.78, 5) is 16.8. The number of hydrogen-bond acceptors (Lipinski definition) is 6. The van der Waals surface area contributed by atoms with Crippen LogP contribution in [0.2, 0.25) is 0 Å². The Hall–Kier alpha value is -1.80. The molecule has 210 valence electrons. The first-order valence-electron chi connectivity index (χ1n) is 13.6. The number of nitrogens with one attached hydrogen (secondary N) is 1. The summed E-state index contributed by atoms with van der Waals surface area (Å²) in [5.74, 6) is 0.379. The van der Waals surface area contributed by atoms with Gasteiger partial charge in [0.2, 0.25) is 5.91 Å². The number of thiol groups is 1. The number of piperidine rings is 1. The zero-order valence-electron chi connectivity index (χ0n) is 22.6. The van der Waals surface area contributed by atoms with Crippen molar-refractivity contribution in [3.8, 4) is 6.07 Å². The van der Waals surface area contributed by atoms with Gasteiger partial charge in [-0.25, -0.2) is 0 Å². The minimum atomic E-state index is -4.70.